The number of methoxy groups -OCH3 is 1. The van der Waals surface area contributed by atoms with Crippen molar-refractivity contribution >= 4 is 22.9 Å². The van der Waals surface area contributed by atoms with Crippen LogP contribution in [0.2, 0.25) is 0 Å². The van der Waals surface area contributed by atoms with Gasteiger partial charge in [0.2, 0.25) is 11.4 Å². The van der Waals surface area contributed by atoms with Crippen molar-refractivity contribution < 1.29 is 37.0 Å². The molecule has 26 heavy (non-hydrogen) atoms. The highest BCUT2D eigenvalue weighted by Crippen LogP contribution is 2.37. The largest absolute Gasteiger partial charge is 0.447 e. The van der Waals surface area contributed by atoms with Crippen molar-refractivity contribution in [1.82, 2.24) is 5.16 Å². The van der Waals surface area contributed by atoms with Crippen LogP contribution in [0.5, 0.6) is 0 Å². The highest BCUT2D eigenvalue weighted by Gasteiger charge is 2.41. The molecule has 1 aromatic heterocycles. The fraction of sp³-hybridized carbons (Fsp3) is 0.500. The van der Waals surface area contributed by atoms with Gasteiger partial charge in [-0.2, -0.15) is 4.39 Å². The van der Waals surface area contributed by atoms with Gasteiger partial charge >= 0.3 is 6.09 Å². The first-order chi connectivity index (χ1) is 12.5. The normalized spacial score (nSPS) is 22.4. The number of fused-ring (bicyclic) bond motifs is 1. The van der Waals surface area contributed by atoms with Gasteiger partial charge in [-0.15, -0.1) is 0 Å². The summed E-state index contributed by atoms with van der Waals surface area (Å²) in [6.07, 6.45) is -2.08. The van der Waals surface area contributed by atoms with E-state index < -0.39 is 35.6 Å². The number of carbonyl (C=O) groups excluding carboxylic acids is 1. The number of rotatable bonds is 4. The number of nitrogens with zero attached hydrogens (tertiary/aromatic N) is 2. The smallest absolute Gasteiger partial charge is 0.416 e. The van der Waals surface area contributed by atoms with Gasteiger partial charge < -0.3 is 23.5 Å². The van der Waals surface area contributed by atoms with E-state index in [0.29, 0.717) is 0 Å². The molecule has 8 nitrogen and oxygen atoms in total. The van der Waals surface area contributed by atoms with Crippen LogP contribution in [0.4, 0.5) is 19.4 Å². The Morgan fingerprint density at radius 3 is 2.73 bits per heavy atom. The number of amides is 1. The lowest BCUT2D eigenvalue weighted by molar-refractivity contribution is -0.0467. The number of ether oxygens (including phenoxy) is 4. The summed E-state index contributed by atoms with van der Waals surface area (Å²) in [5.41, 5.74) is -0.524. The third-order valence-electron chi connectivity index (χ3n) is 4.58. The molecule has 1 aromatic carbocycles. The maximum atomic E-state index is 14.5. The van der Waals surface area contributed by atoms with E-state index in [1.807, 2.05) is 0 Å². The first kappa shape index (κ1) is 17.1. The first-order valence-corrected chi connectivity index (χ1v) is 8.02. The van der Waals surface area contributed by atoms with E-state index in [0.717, 1.165) is 0 Å². The second kappa shape index (κ2) is 6.45. The van der Waals surface area contributed by atoms with Crippen LogP contribution in [0, 0.1) is 11.6 Å². The van der Waals surface area contributed by atoms with E-state index in [1.54, 1.807) is 6.92 Å². The number of benzene rings is 1. The summed E-state index contributed by atoms with van der Waals surface area (Å²) in [5, 5.41) is 3.89. The summed E-state index contributed by atoms with van der Waals surface area (Å²) in [5.74, 6) is -2.34. The molecule has 4 rings (SSSR count). The molecule has 0 spiro atoms. The van der Waals surface area contributed by atoms with Crippen molar-refractivity contribution in [1.29, 1.82) is 0 Å². The Morgan fingerprint density at radius 1 is 1.31 bits per heavy atom. The lowest BCUT2D eigenvalue weighted by atomic mass is 10.1. The standard InChI is InChI=1S/C16H16F2N2O6/c1-7(22-2)10-6-25-16(21)20(10)14-9-5-8(15-23-3-4-24-15)11(17)12(18)13(9)26-19-14/h5,7,10,15H,3-4,6H2,1-2H3. The van der Waals surface area contributed by atoms with Crippen molar-refractivity contribution in [2.45, 2.75) is 25.4 Å². The Balaban J connectivity index is 1.84. The second-order valence-electron chi connectivity index (χ2n) is 6.01. The van der Waals surface area contributed by atoms with Crippen molar-refractivity contribution in [2.75, 3.05) is 31.8 Å². The van der Waals surface area contributed by atoms with E-state index in [-0.39, 0.29) is 42.7 Å². The fourth-order valence-corrected chi connectivity index (χ4v) is 3.09. The Morgan fingerprint density at radius 2 is 2.04 bits per heavy atom. The van der Waals surface area contributed by atoms with Crippen molar-refractivity contribution in [3.05, 3.63) is 23.3 Å². The minimum absolute atomic E-state index is 0.0227. The molecule has 0 radical (unpaired) electrons. The summed E-state index contributed by atoms with van der Waals surface area (Å²) in [7, 11) is 1.49. The van der Waals surface area contributed by atoms with Crippen LogP contribution in [0.25, 0.3) is 11.0 Å². The van der Waals surface area contributed by atoms with Crippen molar-refractivity contribution in [2.24, 2.45) is 0 Å². The molecule has 0 N–H and O–H groups in total. The second-order valence-corrected chi connectivity index (χ2v) is 6.01. The number of anilines is 1. The maximum Gasteiger partial charge on any atom is 0.416 e. The average molecular weight is 370 g/mol. The Hall–Kier alpha value is -2.30. The number of cyclic esters (lactones) is 1. The van der Waals surface area contributed by atoms with Crippen LogP contribution < -0.4 is 4.90 Å². The molecule has 2 aromatic rings. The fourth-order valence-electron chi connectivity index (χ4n) is 3.09. The molecule has 3 heterocycles. The average Bonchev–Trinajstić information content (AvgIpc) is 3.36. The predicted molar refractivity (Wildman–Crippen MR) is 82.7 cm³/mol. The minimum atomic E-state index is -1.22. The molecule has 1 amide bonds. The van der Waals surface area contributed by atoms with Crippen LogP contribution in [-0.4, -0.2) is 50.3 Å². The van der Waals surface area contributed by atoms with E-state index in [4.69, 9.17) is 23.5 Å². The Labute approximate surface area is 146 Å². The lowest BCUT2D eigenvalue weighted by Gasteiger charge is -2.23. The minimum Gasteiger partial charge on any atom is -0.447 e. The summed E-state index contributed by atoms with van der Waals surface area (Å²) in [6, 6.07) is 0.826. The topological polar surface area (TPSA) is 83.3 Å². The molecular formula is C16H16F2N2O6. The van der Waals surface area contributed by atoms with Crippen LogP contribution in [-0.2, 0) is 18.9 Å². The predicted octanol–water partition coefficient (Wildman–Crippen LogP) is 2.51. The van der Waals surface area contributed by atoms with E-state index in [2.05, 4.69) is 5.16 Å². The van der Waals surface area contributed by atoms with Gasteiger partial charge in [-0.05, 0) is 13.0 Å². The zero-order valence-electron chi connectivity index (χ0n) is 14.0. The van der Waals surface area contributed by atoms with E-state index in [1.165, 1.54) is 18.1 Å². The molecule has 10 heteroatoms. The Bertz CT molecular complexity index is 851. The zero-order valence-corrected chi connectivity index (χ0v) is 14.0. The molecule has 2 aliphatic heterocycles. The van der Waals surface area contributed by atoms with Gasteiger partial charge in [0.05, 0.1) is 24.7 Å². The van der Waals surface area contributed by atoms with Gasteiger partial charge in [0.1, 0.15) is 12.6 Å². The molecule has 0 bridgehead atoms. The molecule has 0 aliphatic carbocycles. The molecule has 2 unspecified atom stereocenters. The third-order valence-corrected chi connectivity index (χ3v) is 4.58. The summed E-state index contributed by atoms with van der Waals surface area (Å²) in [6.45, 7) is 2.37. The monoisotopic (exact) mass is 370 g/mol. The number of hydrogen-bond donors (Lipinski definition) is 0. The Kier molecular flexibility index (Phi) is 4.25. The van der Waals surface area contributed by atoms with Crippen LogP contribution >= 0.6 is 0 Å². The molecular weight excluding hydrogens is 354 g/mol. The molecule has 2 saturated heterocycles. The summed E-state index contributed by atoms with van der Waals surface area (Å²) >= 11 is 0. The van der Waals surface area contributed by atoms with E-state index >= 15 is 0 Å². The molecule has 140 valence electrons. The van der Waals surface area contributed by atoms with Crippen LogP contribution in [0.3, 0.4) is 0 Å². The van der Waals surface area contributed by atoms with Gasteiger partial charge in [0, 0.05) is 12.7 Å². The third kappa shape index (κ3) is 2.52. The molecule has 2 aliphatic rings. The number of halogens is 2. The number of carbonyl (C=O) groups is 1. The van der Waals surface area contributed by atoms with Gasteiger partial charge in [0.25, 0.3) is 0 Å². The zero-order chi connectivity index (χ0) is 18.4. The number of aromatic nitrogens is 1. The first-order valence-electron chi connectivity index (χ1n) is 8.02. The van der Waals surface area contributed by atoms with E-state index in [9.17, 15) is 13.6 Å². The van der Waals surface area contributed by atoms with Crippen LogP contribution in [0.1, 0.15) is 18.8 Å². The van der Waals surface area contributed by atoms with Crippen molar-refractivity contribution in [3.63, 3.8) is 0 Å². The summed E-state index contributed by atoms with van der Waals surface area (Å²) in [4.78, 5) is 13.4. The van der Waals surface area contributed by atoms with Gasteiger partial charge in [-0.25, -0.2) is 14.1 Å². The molecule has 0 saturated carbocycles. The van der Waals surface area contributed by atoms with Gasteiger partial charge in [-0.3, -0.25) is 0 Å². The molecule has 2 fully saturated rings. The SMILES string of the molecule is COC(C)C1COC(=O)N1c1noc2c(F)c(F)c(C3OCCO3)cc12. The highest BCUT2D eigenvalue weighted by atomic mass is 19.2. The van der Waals surface area contributed by atoms with Crippen LogP contribution in [0.15, 0.2) is 10.6 Å². The maximum absolute atomic E-state index is 14.5. The van der Waals surface area contributed by atoms with Crippen molar-refractivity contribution in [3.8, 4) is 0 Å². The quantitative estimate of drug-likeness (QED) is 0.818. The highest BCUT2D eigenvalue weighted by molar-refractivity contribution is 5.99. The van der Waals surface area contributed by atoms with Gasteiger partial charge in [0.15, 0.2) is 17.9 Å². The summed E-state index contributed by atoms with van der Waals surface area (Å²) < 4.78 is 54.6. The van der Waals surface area contributed by atoms with Gasteiger partial charge in [-0.1, -0.05) is 5.16 Å². The number of hydrogen-bond acceptors (Lipinski definition) is 7. The molecule has 2 atom stereocenters. The lowest BCUT2D eigenvalue weighted by Crippen LogP contribution is -2.42.